The van der Waals surface area contributed by atoms with Gasteiger partial charge in [-0.15, -0.1) is 0 Å². The van der Waals surface area contributed by atoms with Gasteiger partial charge >= 0.3 is 0 Å². The smallest absolute Gasteiger partial charge is 0.201 e. The Bertz CT molecular complexity index is 359. The summed E-state index contributed by atoms with van der Waals surface area (Å²) in [5.74, 6) is 0.776. The standard InChI is InChI=1S/C10H19N5O2/c1-4-7-16-14-10(15(5-2)6-3)8-9(11)13-17-12-8/h4-7H2,1-3H3,(H2,11,13)/b14-10-. The molecule has 7 nitrogen and oxygen atoms in total. The van der Waals surface area contributed by atoms with Crippen LogP contribution in [0.5, 0.6) is 0 Å². The third-order valence-corrected chi connectivity index (χ3v) is 2.24. The monoisotopic (exact) mass is 241 g/mol. The van der Waals surface area contributed by atoms with Crippen molar-refractivity contribution in [2.24, 2.45) is 5.16 Å². The topological polar surface area (TPSA) is 89.8 Å². The highest BCUT2D eigenvalue weighted by Crippen LogP contribution is 2.10. The van der Waals surface area contributed by atoms with E-state index in [4.69, 9.17) is 10.6 Å². The van der Waals surface area contributed by atoms with Crippen molar-refractivity contribution in [3.8, 4) is 0 Å². The van der Waals surface area contributed by atoms with Crippen molar-refractivity contribution in [1.82, 2.24) is 15.2 Å². The summed E-state index contributed by atoms with van der Waals surface area (Å²) in [4.78, 5) is 7.17. The zero-order valence-corrected chi connectivity index (χ0v) is 10.5. The molecule has 0 unspecified atom stereocenters. The van der Waals surface area contributed by atoms with Crippen LogP contribution in [0.4, 0.5) is 5.82 Å². The predicted molar refractivity (Wildman–Crippen MR) is 64.4 cm³/mol. The molecule has 1 aromatic heterocycles. The molecule has 0 amide bonds. The molecule has 0 saturated heterocycles. The quantitative estimate of drug-likeness (QED) is 0.347. The van der Waals surface area contributed by atoms with Gasteiger partial charge in [-0.05, 0) is 30.6 Å². The summed E-state index contributed by atoms with van der Waals surface area (Å²) in [6, 6.07) is 0. The number of nitrogen functional groups attached to an aromatic ring is 1. The number of oxime groups is 1. The van der Waals surface area contributed by atoms with Crippen molar-refractivity contribution in [2.75, 3.05) is 25.4 Å². The molecule has 1 aromatic rings. The lowest BCUT2D eigenvalue weighted by atomic mass is 10.3. The second-order valence-corrected chi connectivity index (χ2v) is 3.42. The molecule has 0 aliphatic heterocycles. The molecule has 0 radical (unpaired) electrons. The van der Waals surface area contributed by atoms with Crippen LogP contribution in [-0.2, 0) is 4.84 Å². The van der Waals surface area contributed by atoms with Gasteiger partial charge in [0, 0.05) is 13.1 Å². The SMILES string of the molecule is CCCO/N=C(/c1nonc1N)N(CC)CC. The zero-order valence-electron chi connectivity index (χ0n) is 10.5. The Morgan fingerprint density at radius 3 is 2.53 bits per heavy atom. The van der Waals surface area contributed by atoms with Gasteiger partial charge in [0.25, 0.3) is 0 Å². The largest absolute Gasteiger partial charge is 0.394 e. The molecule has 7 heteroatoms. The Kier molecular flexibility index (Phi) is 5.25. The summed E-state index contributed by atoms with van der Waals surface area (Å²) in [5, 5.41) is 11.4. The van der Waals surface area contributed by atoms with E-state index in [1.54, 1.807) is 0 Å². The van der Waals surface area contributed by atoms with Crippen LogP contribution in [0.15, 0.2) is 9.78 Å². The molecule has 96 valence electrons. The number of nitrogens with two attached hydrogens (primary N) is 1. The lowest BCUT2D eigenvalue weighted by molar-refractivity contribution is 0.140. The van der Waals surface area contributed by atoms with E-state index in [9.17, 15) is 0 Å². The summed E-state index contributed by atoms with van der Waals surface area (Å²) in [6.45, 7) is 8.15. The van der Waals surface area contributed by atoms with Gasteiger partial charge in [-0.2, -0.15) is 0 Å². The van der Waals surface area contributed by atoms with E-state index < -0.39 is 0 Å². The number of hydrogen-bond acceptors (Lipinski definition) is 6. The molecule has 2 N–H and O–H groups in total. The van der Waals surface area contributed by atoms with E-state index in [-0.39, 0.29) is 5.82 Å². The molecule has 0 aliphatic carbocycles. The summed E-state index contributed by atoms with van der Waals surface area (Å²) >= 11 is 0. The highest BCUT2D eigenvalue weighted by molar-refractivity contribution is 6.00. The van der Waals surface area contributed by atoms with Crippen LogP contribution in [0.2, 0.25) is 0 Å². The van der Waals surface area contributed by atoms with Gasteiger partial charge in [0.15, 0.2) is 11.5 Å². The van der Waals surface area contributed by atoms with E-state index in [0.29, 0.717) is 18.1 Å². The van der Waals surface area contributed by atoms with Crippen molar-refractivity contribution in [3.63, 3.8) is 0 Å². The van der Waals surface area contributed by atoms with Crippen LogP contribution < -0.4 is 5.73 Å². The number of amidine groups is 1. The second-order valence-electron chi connectivity index (χ2n) is 3.42. The van der Waals surface area contributed by atoms with E-state index in [1.165, 1.54) is 0 Å². The van der Waals surface area contributed by atoms with Crippen LogP contribution in [-0.4, -0.2) is 40.7 Å². The van der Waals surface area contributed by atoms with E-state index in [0.717, 1.165) is 19.5 Å². The maximum atomic E-state index is 5.66. The minimum atomic E-state index is 0.218. The first-order chi connectivity index (χ1) is 8.24. The van der Waals surface area contributed by atoms with E-state index >= 15 is 0 Å². The van der Waals surface area contributed by atoms with Crippen molar-refractivity contribution in [3.05, 3.63) is 5.69 Å². The predicted octanol–water partition coefficient (Wildman–Crippen LogP) is 1.08. The highest BCUT2D eigenvalue weighted by Gasteiger charge is 2.19. The van der Waals surface area contributed by atoms with Crippen LogP contribution in [0.25, 0.3) is 0 Å². The van der Waals surface area contributed by atoms with Gasteiger partial charge in [0.1, 0.15) is 6.61 Å². The molecule has 0 spiro atoms. The maximum absolute atomic E-state index is 5.66. The van der Waals surface area contributed by atoms with Crippen molar-refractivity contribution < 1.29 is 9.47 Å². The fourth-order valence-corrected chi connectivity index (χ4v) is 1.32. The van der Waals surface area contributed by atoms with Crippen LogP contribution in [0.1, 0.15) is 32.9 Å². The van der Waals surface area contributed by atoms with Crippen LogP contribution >= 0.6 is 0 Å². The average Bonchev–Trinajstić information content (AvgIpc) is 2.75. The van der Waals surface area contributed by atoms with Gasteiger partial charge in [0.05, 0.1) is 0 Å². The highest BCUT2D eigenvalue weighted by atomic mass is 16.6. The van der Waals surface area contributed by atoms with Gasteiger partial charge in [-0.3, -0.25) is 0 Å². The fourth-order valence-electron chi connectivity index (χ4n) is 1.32. The Balaban J connectivity index is 2.93. The maximum Gasteiger partial charge on any atom is 0.201 e. The lowest BCUT2D eigenvalue weighted by Gasteiger charge is -2.20. The average molecular weight is 241 g/mol. The summed E-state index contributed by atoms with van der Waals surface area (Å²) < 4.78 is 4.58. The molecule has 0 aliphatic rings. The summed E-state index contributed by atoms with van der Waals surface area (Å²) in [6.07, 6.45) is 0.890. The first-order valence-corrected chi connectivity index (χ1v) is 5.77. The number of aromatic nitrogens is 2. The van der Waals surface area contributed by atoms with Crippen molar-refractivity contribution in [2.45, 2.75) is 27.2 Å². The normalized spacial score (nSPS) is 11.6. The van der Waals surface area contributed by atoms with Crippen molar-refractivity contribution in [1.29, 1.82) is 0 Å². The molecule has 17 heavy (non-hydrogen) atoms. The second kappa shape index (κ2) is 6.72. The van der Waals surface area contributed by atoms with E-state index in [1.807, 2.05) is 25.7 Å². The molecule has 0 saturated carbocycles. The lowest BCUT2D eigenvalue weighted by Crippen LogP contribution is -2.32. The third-order valence-electron chi connectivity index (χ3n) is 2.24. The molecule has 1 rings (SSSR count). The fraction of sp³-hybridized carbons (Fsp3) is 0.700. The third kappa shape index (κ3) is 3.33. The molecule has 1 heterocycles. The van der Waals surface area contributed by atoms with Gasteiger partial charge in [-0.25, -0.2) is 4.63 Å². The molecule has 0 atom stereocenters. The Hall–Kier alpha value is -1.79. The van der Waals surface area contributed by atoms with Crippen LogP contribution in [0, 0.1) is 0 Å². The first-order valence-electron chi connectivity index (χ1n) is 5.77. The molecule has 0 aromatic carbocycles. The summed E-state index contributed by atoms with van der Waals surface area (Å²) in [7, 11) is 0. The van der Waals surface area contributed by atoms with Crippen LogP contribution in [0.3, 0.4) is 0 Å². The number of anilines is 1. The molecule has 0 bridgehead atoms. The minimum absolute atomic E-state index is 0.218. The van der Waals surface area contributed by atoms with E-state index in [2.05, 4.69) is 20.1 Å². The Labute approximate surface area is 101 Å². The van der Waals surface area contributed by atoms with Gasteiger partial charge in [-0.1, -0.05) is 12.1 Å². The van der Waals surface area contributed by atoms with Gasteiger partial charge in [0.2, 0.25) is 5.84 Å². The minimum Gasteiger partial charge on any atom is -0.394 e. The Morgan fingerprint density at radius 1 is 1.35 bits per heavy atom. The Morgan fingerprint density at radius 2 is 2.06 bits per heavy atom. The summed E-state index contributed by atoms with van der Waals surface area (Å²) in [5.41, 5.74) is 6.08. The van der Waals surface area contributed by atoms with Crippen molar-refractivity contribution >= 4 is 11.7 Å². The van der Waals surface area contributed by atoms with Gasteiger partial charge < -0.3 is 15.5 Å². The molecule has 0 fully saturated rings. The molecular weight excluding hydrogens is 222 g/mol. The number of rotatable bonds is 6. The first kappa shape index (κ1) is 13.3. The number of nitrogens with zero attached hydrogens (tertiary/aromatic N) is 4. The number of hydrogen-bond donors (Lipinski definition) is 1. The zero-order chi connectivity index (χ0) is 12.7. The molecular formula is C10H19N5O2.